The summed E-state index contributed by atoms with van der Waals surface area (Å²) in [6.07, 6.45) is 2.95. The van der Waals surface area contributed by atoms with Crippen molar-refractivity contribution in [2.75, 3.05) is 18.0 Å². The molecule has 1 aliphatic rings. The van der Waals surface area contributed by atoms with Crippen LogP contribution in [0.15, 0.2) is 60.6 Å². The van der Waals surface area contributed by atoms with Crippen LogP contribution in [-0.2, 0) is 4.79 Å². The minimum absolute atomic E-state index is 0.0398. The molecule has 5 rings (SSSR count). The second kappa shape index (κ2) is 11.7. The number of halogens is 2. The van der Waals surface area contributed by atoms with Crippen LogP contribution in [0.1, 0.15) is 57.4 Å². The average molecular weight is 599 g/mol. The van der Waals surface area contributed by atoms with Gasteiger partial charge in [0.25, 0.3) is 0 Å². The van der Waals surface area contributed by atoms with E-state index in [2.05, 4.69) is 23.1 Å². The first kappa shape index (κ1) is 30.7. The molecule has 1 amide bonds. The lowest BCUT2D eigenvalue weighted by molar-refractivity contribution is -0.127. The van der Waals surface area contributed by atoms with Gasteiger partial charge in [0.15, 0.2) is 11.5 Å². The molecule has 4 heterocycles. The number of nitrogens with zero attached hydrogens (tertiary/aromatic N) is 6. The zero-order valence-electron chi connectivity index (χ0n) is 25.9. The molecule has 0 N–H and O–H groups in total. The fourth-order valence-corrected chi connectivity index (χ4v) is 6.13. The van der Waals surface area contributed by atoms with E-state index in [4.69, 9.17) is 4.98 Å². The average Bonchev–Trinajstić information content (AvgIpc) is 2.96. The highest BCUT2D eigenvalue weighted by atomic mass is 19.1. The third-order valence-corrected chi connectivity index (χ3v) is 8.09. The van der Waals surface area contributed by atoms with Crippen LogP contribution in [0, 0.1) is 18.6 Å². The van der Waals surface area contributed by atoms with Crippen LogP contribution in [0.4, 0.5) is 14.6 Å². The lowest BCUT2D eigenvalue weighted by atomic mass is 9.97. The van der Waals surface area contributed by atoms with Crippen molar-refractivity contribution >= 4 is 28.3 Å². The van der Waals surface area contributed by atoms with E-state index in [9.17, 15) is 9.59 Å². The molecule has 228 valence electrons. The van der Waals surface area contributed by atoms with Gasteiger partial charge in [-0.25, -0.2) is 23.1 Å². The number of hydrogen-bond donors (Lipinski definition) is 0. The molecular formula is C34H36F2N6O2. The number of hydrogen-bond acceptors (Lipinski definition) is 6. The molecule has 0 bridgehead atoms. The molecule has 8 nitrogen and oxygen atoms in total. The quantitative estimate of drug-likeness (QED) is 0.246. The first-order valence-corrected chi connectivity index (χ1v) is 14.6. The highest BCUT2D eigenvalue weighted by Gasteiger charge is 2.35. The Morgan fingerprint density at radius 2 is 1.77 bits per heavy atom. The van der Waals surface area contributed by atoms with Crippen molar-refractivity contribution in [3.63, 3.8) is 0 Å². The summed E-state index contributed by atoms with van der Waals surface area (Å²) in [5.41, 5.74) is 2.04. The number of carbonyl (C=O) groups excluding carboxylic acids is 1. The smallest absolute Gasteiger partial charge is 0.347 e. The van der Waals surface area contributed by atoms with Crippen molar-refractivity contribution in [1.29, 1.82) is 0 Å². The zero-order chi connectivity index (χ0) is 32.0. The first-order valence-electron chi connectivity index (χ1n) is 14.6. The minimum atomic E-state index is -0.772. The molecular weight excluding hydrogens is 562 g/mol. The fourth-order valence-electron chi connectivity index (χ4n) is 6.13. The van der Waals surface area contributed by atoms with Gasteiger partial charge in [-0.2, -0.15) is 4.98 Å². The molecule has 0 aliphatic carbocycles. The second-order valence-corrected chi connectivity index (χ2v) is 11.8. The molecule has 4 aromatic rings. The van der Waals surface area contributed by atoms with E-state index in [1.54, 1.807) is 30.2 Å². The molecule has 1 saturated heterocycles. The minimum Gasteiger partial charge on any atom is -0.347 e. The van der Waals surface area contributed by atoms with Crippen LogP contribution in [-0.4, -0.2) is 55.5 Å². The Morgan fingerprint density at radius 1 is 1.09 bits per heavy atom. The van der Waals surface area contributed by atoms with Crippen LogP contribution in [0.2, 0.25) is 0 Å². The molecule has 0 unspecified atom stereocenters. The molecule has 1 fully saturated rings. The van der Waals surface area contributed by atoms with Gasteiger partial charge in [-0.05, 0) is 69.0 Å². The molecule has 3 aromatic heterocycles. The van der Waals surface area contributed by atoms with Gasteiger partial charge in [-0.3, -0.25) is 9.78 Å². The van der Waals surface area contributed by atoms with E-state index in [1.807, 2.05) is 39.5 Å². The normalized spacial score (nSPS) is 16.9. The molecule has 10 heteroatoms. The Bertz CT molecular complexity index is 1870. The SMILES string of the molecule is C=CC(=O)N1C[C@H](C)N(c2nc(=O)n(-c3c(C)ccnc3C(C)C)c3nc(-c4c(F)cccc4C(=C)C)c(F)cc23)[C@@H](C)C1. The predicted octanol–water partition coefficient (Wildman–Crippen LogP) is 6.20. The van der Waals surface area contributed by atoms with Crippen molar-refractivity contribution in [2.24, 2.45) is 0 Å². The van der Waals surface area contributed by atoms with Crippen molar-refractivity contribution in [2.45, 2.75) is 59.5 Å². The van der Waals surface area contributed by atoms with Gasteiger partial charge in [0.05, 0.1) is 16.8 Å². The van der Waals surface area contributed by atoms with Crippen molar-refractivity contribution in [3.05, 3.63) is 94.7 Å². The second-order valence-electron chi connectivity index (χ2n) is 11.8. The molecule has 0 radical (unpaired) electrons. The Hall–Kier alpha value is -4.73. The summed E-state index contributed by atoms with van der Waals surface area (Å²) in [5, 5.41) is 0.277. The summed E-state index contributed by atoms with van der Waals surface area (Å²) in [4.78, 5) is 44.0. The van der Waals surface area contributed by atoms with Gasteiger partial charge in [0, 0.05) is 36.9 Å². The topological polar surface area (TPSA) is 84.2 Å². The molecule has 44 heavy (non-hydrogen) atoms. The number of pyridine rings is 2. The number of piperazine rings is 1. The number of rotatable bonds is 6. The number of aryl methyl sites for hydroxylation is 1. The van der Waals surface area contributed by atoms with Crippen LogP contribution in [0.5, 0.6) is 0 Å². The van der Waals surface area contributed by atoms with E-state index in [1.165, 1.54) is 28.8 Å². The highest BCUT2D eigenvalue weighted by molar-refractivity contribution is 5.92. The lowest BCUT2D eigenvalue weighted by Crippen LogP contribution is -2.58. The van der Waals surface area contributed by atoms with Gasteiger partial charge < -0.3 is 9.80 Å². The summed E-state index contributed by atoms with van der Waals surface area (Å²) in [5.74, 6) is -1.45. The Kier molecular flexibility index (Phi) is 8.20. The standard InChI is InChI=1S/C34H36F2N6O2/c1-9-27(43)40-16-21(7)41(22(8)17-40)33-24-15-26(36)30(28-23(18(2)3)11-10-12-25(28)35)38-32(24)42(34(44)39-33)31-20(6)13-14-37-29(31)19(4)5/h9-15,19,21-22H,1-2,16-17H2,3-8H3/t21-,22-/m0/s1. The van der Waals surface area contributed by atoms with E-state index >= 15 is 8.78 Å². The largest absolute Gasteiger partial charge is 0.355 e. The molecule has 0 spiro atoms. The van der Waals surface area contributed by atoms with E-state index < -0.39 is 17.3 Å². The first-order chi connectivity index (χ1) is 20.8. The maximum Gasteiger partial charge on any atom is 0.355 e. The number of allylic oxidation sites excluding steroid dienone is 1. The van der Waals surface area contributed by atoms with Crippen LogP contribution < -0.4 is 10.6 Å². The van der Waals surface area contributed by atoms with Crippen molar-refractivity contribution in [1.82, 2.24) is 24.4 Å². The van der Waals surface area contributed by atoms with Gasteiger partial charge in [0.2, 0.25) is 5.91 Å². The monoisotopic (exact) mass is 598 g/mol. The number of aromatic nitrogens is 4. The highest BCUT2D eigenvalue weighted by Crippen LogP contribution is 2.37. The number of carbonyl (C=O) groups is 1. The number of anilines is 1. The van der Waals surface area contributed by atoms with Crippen molar-refractivity contribution < 1.29 is 13.6 Å². The summed E-state index contributed by atoms with van der Waals surface area (Å²) >= 11 is 0. The summed E-state index contributed by atoms with van der Waals surface area (Å²) in [7, 11) is 0. The van der Waals surface area contributed by atoms with Gasteiger partial charge in [-0.1, -0.05) is 44.7 Å². The Labute approximate surface area is 255 Å². The molecule has 0 saturated carbocycles. The van der Waals surface area contributed by atoms with Crippen LogP contribution >= 0.6 is 0 Å². The fraction of sp³-hybridized carbons (Fsp3) is 0.324. The third-order valence-electron chi connectivity index (χ3n) is 8.09. The molecule has 1 aromatic carbocycles. The van der Waals surface area contributed by atoms with E-state index in [0.717, 1.165) is 5.56 Å². The van der Waals surface area contributed by atoms with Gasteiger partial charge in [0.1, 0.15) is 17.3 Å². The lowest BCUT2D eigenvalue weighted by Gasteiger charge is -2.45. The maximum absolute atomic E-state index is 16.2. The van der Waals surface area contributed by atoms with Crippen molar-refractivity contribution in [3.8, 4) is 16.9 Å². The van der Waals surface area contributed by atoms with E-state index in [0.29, 0.717) is 35.6 Å². The summed E-state index contributed by atoms with van der Waals surface area (Å²) in [6.45, 7) is 19.6. The third kappa shape index (κ3) is 5.18. The summed E-state index contributed by atoms with van der Waals surface area (Å²) < 4.78 is 33.0. The Morgan fingerprint density at radius 3 is 2.39 bits per heavy atom. The maximum atomic E-state index is 16.2. The van der Waals surface area contributed by atoms with Gasteiger partial charge >= 0.3 is 5.69 Å². The summed E-state index contributed by atoms with van der Waals surface area (Å²) in [6, 6.07) is 6.95. The number of benzene rings is 1. The van der Waals surface area contributed by atoms with Crippen LogP contribution in [0.3, 0.4) is 0 Å². The molecule has 2 atom stereocenters. The predicted molar refractivity (Wildman–Crippen MR) is 170 cm³/mol. The Balaban J connectivity index is 1.88. The van der Waals surface area contributed by atoms with E-state index in [-0.39, 0.29) is 52.0 Å². The van der Waals surface area contributed by atoms with Gasteiger partial charge in [-0.15, -0.1) is 0 Å². The van der Waals surface area contributed by atoms with Crippen LogP contribution in [0.25, 0.3) is 33.6 Å². The molecule has 1 aliphatic heterocycles. The number of amides is 1. The zero-order valence-corrected chi connectivity index (χ0v) is 25.9. The number of fused-ring (bicyclic) bond motifs is 1.